The minimum Gasteiger partial charge on any atom is -0.375 e. The Hall–Kier alpha value is -1.47. The standard InChI is InChI=1S/C13H24N4O3/c1-8(2)12(16-11(18)7-19-5)13-15-10(17-20-13)6-9(3)14-4/h8-9,12,14H,6-7H2,1-5H3,(H,16,18)/t9?,12-/m0/s1. The first kappa shape index (κ1) is 16.6. The van der Waals surface area contributed by atoms with Crippen molar-refractivity contribution in [1.82, 2.24) is 20.8 Å². The van der Waals surface area contributed by atoms with Crippen molar-refractivity contribution in [1.29, 1.82) is 0 Å². The fraction of sp³-hybridized carbons (Fsp3) is 0.769. The van der Waals surface area contributed by atoms with E-state index in [9.17, 15) is 4.79 Å². The molecule has 20 heavy (non-hydrogen) atoms. The second-order valence-electron chi connectivity index (χ2n) is 5.16. The summed E-state index contributed by atoms with van der Waals surface area (Å²) in [7, 11) is 3.36. The van der Waals surface area contributed by atoms with E-state index in [1.807, 2.05) is 27.8 Å². The maximum atomic E-state index is 11.6. The molecule has 0 aromatic carbocycles. The van der Waals surface area contributed by atoms with Crippen molar-refractivity contribution < 1.29 is 14.1 Å². The summed E-state index contributed by atoms with van der Waals surface area (Å²) < 4.78 is 10.1. The number of amides is 1. The number of methoxy groups -OCH3 is 1. The Labute approximate surface area is 119 Å². The SMILES string of the molecule is CNC(C)Cc1noc([C@@H](NC(=O)COC)C(C)C)n1. The van der Waals surface area contributed by atoms with Gasteiger partial charge < -0.3 is 19.9 Å². The van der Waals surface area contributed by atoms with Crippen molar-refractivity contribution in [3.8, 4) is 0 Å². The summed E-state index contributed by atoms with van der Waals surface area (Å²) >= 11 is 0. The largest absolute Gasteiger partial charge is 0.375 e. The molecule has 1 unspecified atom stereocenters. The van der Waals surface area contributed by atoms with Crippen LogP contribution < -0.4 is 10.6 Å². The number of carbonyl (C=O) groups is 1. The zero-order valence-electron chi connectivity index (χ0n) is 12.8. The highest BCUT2D eigenvalue weighted by molar-refractivity contribution is 5.77. The van der Waals surface area contributed by atoms with Crippen molar-refractivity contribution >= 4 is 5.91 Å². The van der Waals surface area contributed by atoms with E-state index < -0.39 is 0 Å². The normalized spacial score (nSPS) is 14.3. The Morgan fingerprint density at radius 3 is 2.65 bits per heavy atom. The van der Waals surface area contributed by atoms with Gasteiger partial charge >= 0.3 is 0 Å². The number of ether oxygens (including phenoxy) is 1. The fourth-order valence-electron chi connectivity index (χ4n) is 1.71. The Kier molecular flexibility index (Phi) is 6.60. The minimum atomic E-state index is -0.302. The van der Waals surface area contributed by atoms with E-state index in [0.717, 1.165) is 0 Å². The molecule has 0 aliphatic heterocycles. The Bertz CT molecular complexity index is 420. The first-order chi connectivity index (χ1) is 9.47. The molecule has 1 heterocycles. The molecule has 1 rings (SSSR count). The van der Waals surface area contributed by atoms with Crippen LogP contribution in [0.5, 0.6) is 0 Å². The molecule has 1 aromatic rings. The van der Waals surface area contributed by atoms with Gasteiger partial charge in [0.2, 0.25) is 11.8 Å². The highest BCUT2D eigenvalue weighted by atomic mass is 16.5. The van der Waals surface area contributed by atoms with Gasteiger partial charge in [-0.3, -0.25) is 4.79 Å². The number of hydrogen-bond donors (Lipinski definition) is 2. The summed E-state index contributed by atoms with van der Waals surface area (Å²) in [6.07, 6.45) is 0.677. The minimum absolute atomic E-state index is 0.0149. The zero-order chi connectivity index (χ0) is 15.1. The van der Waals surface area contributed by atoms with E-state index in [-0.39, 0.29) is 30.5 Å². The van der Waals surface area contributed by atoms with Gasteiger partial charge in [0, 0.05) is 19.6 Å². The topological polar surface area (TPSA) is 89.3 Å². The number of carbonyl (C=O) groups excluding carboxylic acids is 1. The van der Waals surface area contributed by atoms with Crippen LogP contribution in [0, 0.1) is 5.92 Å². The second kappa shape index (κ2) is 7.96. The van der Waals surface area contributed by atoms with Crippen LogP contribution in [0.4, 0.5) is 0 Å². The fourth-order valence-corrected chi connectivity index (χ4v) is 1.71. The summed E-state index contributed by atoms with van der Waals surface area (Å²) in [5.74, 6) is 1.01. The molecule has 114 valence electrons. The smallest absolute Gasteiger partial charge is 0.249 e. The average molecular weight is 284 g/mol. The van der Waals surface area contributed by atoms with E-state index in [1.54, 1.807) is 0 Å². The van der Waals surface area contributed by atoms with Gasteiger partial charge in [-0.1, -0.05) is 19.0 Å². The van der Waals surface area contributed by atoms with Crippen LogP contribution in [-0.2, 0) is 16.0 Å². The first-order valence-corrected chi connectivity index (χ1v) is 6.76. The van der Waals surface area contributed by atoms with Gasteiger partial charge in [-0.15, -0.1) is 0 Å². The summed E-state index contributed by atoms with van der Waals surface area (Å²) in [5, 5.41) is 9.91. The quantitative estimate of drug-likeness (QED) is 0.729. The van der Waals surface area contributed by atoms with E-state index in [0.29, 0.717) is 18.1 Å². The molecular formula is C13H24N4O3. The summed E-state index contributed by atoms with van der Waals surface area (Å²) in [5.41, 5.74) is 0. The molecule has 7 heteroatoms. The molecule has 0 aliphatic carbocycles. The maximum Gasteiger partial charge on any atom is 0.249 e. The van der Waals surface area contributed by atoms with Crippen LogP contribution in [0.25, 0.3) is 0 Å². The van der Waals surface area contributed by atoms with Gasteiger partial charge in [0.1, 0.15) is 12.6 Å². The summed E-state index contributed by atoms with van der Waals surface area (Å²) in [6, 6.07) is -0.0372. The number of nitrogens with zero attached hydrogens (tertiary/aromatic N) is 2. The van der Waals surface area contributed by atoms with Crippen molar-refractivity contribution in [2.75, 3.05) is 20.8 Å². The van der Waals surface area contributed by atoms with Gasteiger partial charge in [0.25, 0.3) is 0 Å². The van der Waals surface area contributed by atoms with Crippen molar-refractivity contribution in [3.05, 3.63) is 11.7 Å². The van der Waals surface area contributed by atoms with Crippen molar-refractivity contribution in [2.45, 2.75) is 39.3 Å². The van der Waals surface area contributed by atoms with Crippen molar-refractivity contribution in [2.24, 2.45) is 5.92 Å². The van der Waals surface area contributed by atoms with Crippen LogP contribution in [-0.4, -0.2) is 42.9 Å². The molecular weight excluding hydrogens is 260 g/mol. The lowest BCUT2D eigenvalue weighted by Gasteiger charge is -2.18. The molecule has 0 aliphatic rings. The monoisotopic (exact) mass is 284 g/mol. The van der Waals surface area contributed by atoms with Crippen LogP contribution in [0.3, 0.4) is 0 Å². The van der Waals surface area contributed by atoms with Gasteiger partial charge in [-0.25, -0.2) is 0 Å². The Morgan fingerprint density at radius 1 is 1.40 bits per heavy atom. The van der Waals surface area contributed by atoms with Crippen LogP contribution in [0.1, 0.15) is 38.5 Å². The van der Waals surface area contributed by atoms with Gasteiger partial charge in [0.15, 0.2) is 5.82 Å². The Morgan fingerprint density at radius 2 is 2.10 bits per heavy atom. The Balaban J connectivity index is 2.74. The van der Waals surface area contributed by atoms with Gasteiger partial charge in [-0.2, -0.15) is 4.98 Å². The van der Waals surface area contributed by atoms with E-state index in [4.69, 9.17) is 9.26 Å². The number of nitrogens with one attached hydrogen (secondary N) is 2. The van der Waals surface area contributed by atoms with Gasteiger partial charge in [0.05, 0.1) is 0 Å². The lowest BCUT2D eigenvalue weighted by Crippen LogP contribution is -2.34. The summed E-state index contributed by atoms with van der Waals surface area (Å²) in [4.78, 5) is 16.0. The number of likely N-dealkylation sites (N-methyl/N-ethyl adjacent to an activating group) is 1. The third kappa shape index (κ3) is 4.90. The first-order valence-electron chi connectivity index (χ1n) is 6.76. The molecule has 1 aromatic heterocycles. The van der Waals surface area contributed by atoms with E-state index >= 15 is 0 Å². The zero-order valence-corrected chi connectivity index (χ0v) is 12.8. The van der Waals surface area contributed by atoms with Crippen LogP contribution in [0.15, 0.2) is 4.52 Å². The lowest BCUT2D eigenvalue weighted by molar-refractivity contribution is -0.126. The molecule has 0 saturated carbocycles. The van der Waals surface area contributed by atoms with Crippen LogP contribution >= 0.6 is 0 Å². The molecule has 7 nitrogen and oxygen atoms in total. The molecule has 1 amide bonds. The highest BCUT2D eigenvalue weighted by Crippen LogP contribution is 2.20. The number of hydrogen-bond acceptors (Lipinski definition) is 6. The summed E-state index contributed by atoms with van der Waals surface area (Å²) in [6.45, 7) is 6.02. The second-order valence-corrected chi connectivity index (χ2v) is 5.16. The van der Waals surface area contributed by atoms with E-state index in [1.165, 1.54) is 7.11 Å². The third-order valence-electron chi connectivity index (χ3n) is 2.99. The highest BCUT2D eigenvalue weighted by Gasteiger charge is 2.24. The molecule has 2 atom stereocenters. The van der Waals surface area contributed by atoms with Crippen molar-refractivity contribution in [3.63, 3.8) is 0 Å². The predicted molar refractivity (Wildman–Crippen MR) is 74.1 cm³/mol. The molecule has 0 radical (unpaired) electrons. The lowest BCUT2D eigenvalue weighted by atomic mass is 10.0. The molecule has 0 fully saturated rings. The third-order valence-corrected chi connectivity index (χ3v) is 2.99. The van der Waals surface area contributed by atoms with E-state index in [2.05, 4.69) is 20.8 Å². The van der Waals surface area contributed by atoms with Gasteiger partial charge in [-0.05, 0) is 19.9 Å². The molecule has 0 saturated heterocycles. The molecule has 0 bridgehead atoms. The average Bonchev–Trinajstić information content (AvgIpc) is 2.84. The molecule has 2 N–H and O–H groups in total. The number of aromatic nitrogens is 2. The molecule has 0 spiro atoms. The predicted octanol–water partition coefficient (Wildman–Crippen LogP) is 0.680. The maximum absolute atomic E-state index is 11.6. The number of rotatable bonds is 8. The van der Waals surface area contributed by atoms with Crippen LogP contribution in [0.2, 0.25) is 0 Å².